The Hall–Kier alpha value is -2.13. The Kier molecular flexibility index (Phi) is 5.69. The Morgan fingerprint density at radius 3 is 2.40 bits per heavy atom. The molecular weight excluding hydrogens is 367 g/mol. The lowest BCUT2D eigenvalue weighted by molar-refractivity contribution is -0.148. The molecule has 2 atom stereocenters. The highest BCUT2D eigenvalue weighted by Crippen LogP contribution is 2.31. The maximum atomic E-state index is 12.6. The Bertz CT molecular complexity index is 677. The number of aliphatic carboxylic acids is 1. The van der Waals surface area contributed by atoms with E-state index in [9.17, 15) is 27.6 Å². The van der Waals surface area contributed by atoms with Gasteiger partial charge in [0.2, 0.25) is 5.24 Å². The molecule has 1 aromatic carbocycles. The normalized spacial score (nSPS) is 19.6. The molecule has 0 spiro atoms. The maximum Gasteiger partial charge on any atom is 0.416 e. The van der Waals surface area contributed by atoms with Gasteiger partial charge in [0.15, 0.2) is 0 Å². The summed E-state index contributed by atoms with van der Waals surface area (Å²) in [4.78, 5) is 35.9. The number of alkyl halides is 3. The summed E-state index contributed by atoms with van der Waals surface area (Å²) < 4.78 is 43.0. The van der Waals surface area contributed by atoms with Gasteiger partial charge >= 0.3 is 12.1 Å². The smallest absolute Gasteiger partial charge is 0.416 e. The molecule has 1 fully saturated rings. The van der Waals surface area contributed by atoms with E-state index >= 15 is 0 Å². The molecule has 0 saturated carbocycles. The zero-order chi connectivity index (χ0) is 18.8. The molecule has 1 heterocycles. The molecule has 1 saturated heterocycles. The Labute approximate surface area is 145 Å². The summed E-state index contributed by atoms with van der Waals surface area (Å²) in [7, 11) is 0. The van der Waals surface area contributed by atoms with E-state index in [1.54, 1.807) is 0 Å². The number of rotatable bonds is 5. The van der Waals surface area contributed by atoms with Crippen LogP contribution in [-0.4, -0.2) is 41.5 Å². The standard InChI is InChI=1S/C15H13ClF3NO5/c16-13(23)10(7-11(21)22)12-14(24)20(5-6-25-12)9-3-1-8(2-4-9)15(17,18)19/h1-4,10,12H,5-7H2,(H,21,22). The first-order valence-corrected chi connectivity index (χ1v) is 7.50. The number of benzene rings is 1. The van der Waals surface area contributed by atoms with Gasteiger partial charge in [-0.2, -0.15) is 13.2 Å². The first-order chi connectivity index (χ1) is 11.6. The fraction of sp³-hybridized carbons (Fsp3) is 0.400. The lowest BCUT2D eigenvalue weighted by Gasteiger charge is -2.34. The van der Waals surface area contributed by atoms with Crippen molar-refractivity contribution in [2.75, 3.05) is 18.1 Å². The van der Waals surface area contributed by atoms with Crippen LogP contribution >= 0.6 is 11.6 Å². The van der Waals surface area contributed by atoms with E-state index in [-0.39, 0.29) is 18.8 Å². The molecule has 2 rings (SSSR count). The van der Waals surface area contributed by atoms with Crippen LogP contribution in [0.2, 0.25) is 0 Å². The van der Waals surface area contributed by atoms with Crippen molar-refractivity contribution in [2.45, 2.75) is 18.7 Å². The maximum absolute atomic E-state index is 12.6. The molecule has 2 unspecified atom stereocenters. The molecule has 0 aromatic heterocycles. The first kappa shape index (κ1) is 19.2. The number of carbonyl (C=O) groups is 3. The average molecular weight is 380 g/mol. The number of carboxylic acids is 1. The Morgan fingerprint density at radius 2 is 1.92 bits per heavy atom. The molecule has 0 bridgehead atoms. The SMILES string of the molecule is O=C(O)CC(C(=O)Cl)C1OCCN(c2ccc(C(F)(F)F)cc2)C1=O. The van der Waals surface area contributed by atoms with Gasteiger partial charge in [0.05, 0.1) is 24.5 Å². The number of hydrogen-bond donors (Lipinski definition) is 1. The van der Waals surface area contributed by atoms with Crippen molar-refractivity contribution in [1.29, 1.82) is 0 Å². The summed E-state index contributed by atoms with van der Waals surface area (Å²) in [6.07, 6.45) is -6.61. The predicted molar refractivity (Wildman–Crippen MR) is 80.1 cm³/mol. The topological polar surface area (TPSA) is 83.9 Å². The molecule has 6 nitrogen and oxygen atoms in total. The van der Waals surface area contributed by atoms with Gasteiger partial charge in [0.1, 0.15) is 6.10 Å². The van der Waals surface area contributed by atoms with E-state index in [1.807, 2.05) is 0 Å². The van der Waals surface area contributed by atoms with Gasteiger partial charge < -0.3 is 14.7 Å². The lowest BCUT2D eigenvalue weighted by atomic mass is 9.97. The number of morpholine rings is 1. The van der Waals surface area contributed by atoms with Crippen LogP contribution in [0.3, 0.4) is 0 Å². The third kappa shape index (κ3) is 4.49. The number of amides is 1. The molecule has 1 aliphatic rings. The molecule has 1 N–H and O–H groups in total. The van der Waals surface area contributed by atoms with Gasteiger partial charge in [-0.05, 0) is 35.9 Å². The van der Waals surface area contributed by atoms with Crippen molar-refractivity contribution in [1.82, 2.24) is 0 Å². The summed E-state index contributed by atoms with van der Waals surface area (Å²) in [6, 6.07) is 3.90. The Morgan fingerprint density at radius 1 is 1.32 bits per heavy atom. The average Bonchev–Trinajstić information content (AvgIpc) is 2.52. The second-order valence-corrected chi connectivity index (χ2v) is 5.71. The minimum atomic E-state index is -4.51. The predicted octanol–water partition coefficient (Wildman–Crippen LogP) is 2.29. The minimum absolute atomic E-state index is 0.0162. The highest BCUT2D eigenvalue weighted by molar-refractivity contribution is 6.64. The van der Waals surface area contributed by atoms with Gasteiger partial charge in [-0.1, -0.05) is 0 Å². The number of carbonyl (C=O) groups excluding carboxylic acids is 2. The van der Waals surface area contributed by atoms with E-state index in [2.05, 4.69) is 0 Å². The molecule has 136 valence electrons. The van der Waals surface area contributed by atoms with Crippen LogP contribution in [0.4, 0.5) is 18.9 Å². The third-order valence-electron chi connectivity index (χ3n) is 3.68. The summed E-state index contributed by atoms with van der Waals surface area (Å²) in [5, 5.41) is 7.81. The number of halogens is 4. The number of nitrogens with zero attached hydrogens (tertiary/aromatic N) is 1. The fourth-order valence-corrected chi connectivity index (χ4v) is 2.67. The first-order valence-electron chi connectivity index (χ1n) is 7.12. The van der Waals surface area contributed by atoms with Crippen LogP contribution in [-0.2, 0) is 25.3 Å². The highest BCUT2D eigenvalue weighted by atomic mass is 35.5. The molecule has 0 radical (unpaired) electrons. The van der Waals surface area contributed by atoms with Crippen molar-refractivity contribution < 1.29 is 37.4 Å². The third-order valence-corrected chi connectivity index (χ3v) is 3.96. The second kappa shape index (κ2) is 7.40. The Balaban J connectivity index is 2.24. The fourth-order valence-electron chi connectivity index (χ4n) is 2.48. The van der Waals surface area contributed by atoms with Gasteiger partial charge in [-0.15, -0.1) is 0 Å². The van der Waals surface area contributed by atoms with Crippen molar-refractivity contribution in [3.63, 3.8) is 0 Å². The van der Waals surface area contributed by atoms with Gasteiger partial charge in [-0.3, -0.25) is 14.4 Å². The molecule has 10 heteroatoms. The van der Waals surface area contributed by atoms with Gasteiger partial charge in [0.25, 0.3) is 5.91 Å². The highest BCUT2D eigenvalue weighted by Gasteiger charge is 2.41. The molecule has 1 aliphatic heterocycles. The summed E-state index contributed by atoms with van der Waals surface area (Å²) in [6.45, 7) is 0.0364. The second-order valence-electron chi connectivity index (χ2n) is 5.33. The van der Waals surface area contributed by atoms with Crippen molar-refractivity contribution in [2.24, 2.45) is 5.92 Å². The van der Waals surface area contributed by atoms with Crippen LogP contribution in [0.15, 0.2) is 24.3 Å². The lowest BCUT2D eigenvalue weighted by Crippen LogP contribution is -2.52. The van der Waals surface area contributed by atoms with Crippen LogP contribution in [0.25, 0.3) is 0 Å². The van der Waals surface area contributed by atoms with Crippen LogP contribution < -0.4 is 4.90 Å². The number of carboxylic acid groups (broad SMARTS) is 1. The molecular formula is C15H13ClF3NO5. The molecule has 1 aromatic rings. The number of anilines is 1. The number of ether oxygens (including phenoxy) is 1. The largest absolute Gasteiger partial charge is 0.481 e. The van der Waals surface area contributed by atoms with Gasteiger partial charge in [0, 0.05) is 12.2 Å². The van der Waals surface area contributed by atoms with Crippen molar-refractivity contribution in [3.8, 4) is 0 Å². The quantitative estimate of drug-likeness (QED) is 0.794. The molecule has 1 amide bonds. The van der Waals surface area contributed by atoms with Crippen molar-refractivity contribution >= 4 is 34.4 Å². The van der Waals surface area contributed by atoms with Crippen LogP contribution in [0.1, 0.15) is 12.0 Å². The summed E-state index contributed by atoms with van der Waals surface area (Å²) >= 11 is 5.37. The molecule has 25 heavy (non-hydrogen) atoms. The zero-order valence-electron chi connectivity index (χ0n) is 12.6. The summed E-state index contributed by atoms with van der Waals surface area (Å²) in [5.41, 5.74) is -0.685. The minimum Gasteiger partial charge on any atom is -0.481 e. The van der Waals surface area contributed by atoms with E-state index in [0.717, 1.165) is 29.2 Å². The van der Waals surface area contributed by atoms with Gasteiger partial charge in [-0.25, -0.2) is 0 Å². The zero-order valence-corrected chi connectivity index (χ0v) is 13.4. The van der Waals surface area contributed by atoms with E-state index < -0.39 is 47.3 Å². The van der Waals surface area contributed by atoms with Crippen LogP contribution in [0.5, 0.6) is 0 Å². The van der Waals surface area contributed by atoms with E-state index in [0.29, 0.717) is 0 Å². The molecule has 0 aliphatic carbocycles. The van der Waals surface area contributed by atoms with E-state index in [4.69, 9.17) is 21.4 Å². The van der Waals surface area contributed by atoms with Crippen molar-refractivity contribution in [3.05, 3.63) is 29.8 Å². The summed E-state index contributed by atoms with van der Waals surface area (Å²) in [5.74, 6) is -3.45. The monoisotopic (exact) mass is 379 g/mol. The number of hydrogen-bond acceptors (Lipinski definition) is 4. The van der Waals surface area contributed by atoms with Crippen LogP contribution in [0, 0.1) is 5.92 Å². The van der Waals surface area contributed by atoms with E-state index in [1.165, 1.54) is 0 Å².